The Bertz CT molecular complexity index is 1190. The lowest BCUT2D eigenvalue weighted by Gasteiger charge is -2.35. The van der Waals surface area contributed by atoms with Gasteiger partial charge in [-0.3, -0.25) is 9.59 Å². The van der Waals surface area contributed by atoms with E-state index < -0.39 is 35.6 Å². The van der Waals surface area contributed by atoms with Crippen molar-refractivity contribution in [3.8, 4) is 0 Å². The Kier molecular flexibility index (Phi) is 8.48. The van der Waals surface area contributed by atoms with Crippen LogP contribution in [0.5, 0.6) is 0 Å². The number of esters is 1. The molecule has 4 rings (SSSR count). The molecule has 2 saturated heterocycles. The second-order valence-corrected chi connectivity index (χ2v) is 13.1. The van der Waals surface area contributed by atoms with Crippen molar-refractivity contribution in [3.05, 3.63) is 41.4 Å². The van der Waals surface area contributed by atoms with Gasteiger partial charge in [-0.2, -0.15) is 0 Å². The van der Waals surface area contributed by atoms with Crippen molar-refractivity contribution < 1.29 is 29.3 Å². The highest BCUT2D eigenvalue weighted by Gasteiger charge is 2.53. The number of aryl methyl sites for hydroxylation is 1. The molecule has 2 aliphatic heterocycles. The van der Waals surface area contributed by atoms with Gasteiger partial charge in [0.15, 0.2) is 0 Å². The third-order valence-corrected chi connectivity index (χ3v) is 9.49. The maximum absolute atomic E-state index is 13.6. The van der Waals surface area contributed by atoms with Crippen molar-refractivity contribution in [3.63, 3.8) is 0 Å². The molecule has 3 heterocycles. The number of hydrogen-bond acceptors (Lipinski definition) is 8. The zero-order chi connectivity index (χ0) is 27.8. The SMILES string of the molecule is C=CC[C@@H]1C(=O)C(C)(C)[C@H](O)CC(=O)O[C@H](c2ccc3sc(C)nc3c2)C[C@H]2O[C@@]2(C)CCC[C@H](C)[C@H]1O. The van der Waals surface area contributed by atoms with Gasteiger partial charge in [0.05, 0.1) is 51.0 Å². The molecular formula is C30H41NO6S. The van der Waals surface area contributed by atoms with E-state index >= 15 is 0 Å². The monoisotopic (exact) mass is 543 g/mol. The number of aromatic nitrogens is 1. The minimum absolute atomic E-state index is 0.0715. The molecule has 0 aliphatic carbocycles. The van der Waals surface area contributed by atoms with Gasteiger partial charge < -0.3 is 19.7 Å². The van der Waals surface area contributed by atoms with Crippen LogP contribution >= 0.6 is 11.3 Å². The molecule has 0 amide bonds. The fourth-order valence-corrected chi connectivity index (χ4v) is 6.51. The molecule has 2 fully saturated rings. The molecule has 2 aliphatic rings. The lowest BCUT2D eigenvalue weighted by atomic mass is 9.71. The van der Waals surface area contributed by atoms with Crippen molar-refractivity contribution in [1.29, 1.82) is 0 Å². The van der Waals surface area contributed by atoms with Gasteiger partial charge in [-0.1, -0.05) is 39.3 Å². The summed E-state index contributed by atoms with van der Waals surface area (Å²) in [5.74, 6) is -1.68. The standard InChI is InChI=1S/C30H41NO6S/c1-7-9-20-27(34)17(2)10-8-13-30(6)25(37-30)15-22(19-11-12-23-21(14-19)31-18(3)38-23)36-26(33)16-24(32)29(4,5)28(20)35/h7,11-12,14,17,20,22,24-25,27,32,34H,1,8-10,13,15-16H2,2-6H3/t17-,20-,22-,24+,25+,27+,30-/m0/s1. The molecule has 2 N–H and O–H groups in total. The Morgan fingerprint density at radius 2 is 1.97 bits per heavy atom. The Morgan fingerprint density at radius 3 is 2.68 bits per heavy atom. The van der Waals surface area contributed by atoms with E-state index in [2.05, 4.69) is 18.5 Å². The average Bonchev–Trinajstić information content (AvgIpc) is 3.32. The number of allylic oxidation sites excluding steroid dienone is 1. The zero-order valence-electron chi connectivity index (χ0n) is 23.1. The summed E-state index contributed by atoms with van der Waals surface area (Å²) in [7, 11) is 0. The van der Waals surface area contributed by atoms with Crippen molar-refractivity contribution in [2.24, 2.45) is 17.3 Å². The molecule has 7 nitrogen and oxygen atoms in total. The van der Waals surface area contributed by atoms with Crippen molar-refractivity contribution in [2.45, 2.75) is 103 Å². The van der Waals surface area contributed by atoms with Gasteiger partial charge in [0, 0.05) is 12.3 Å². The lowest BCUT2D eigenvalue weighted by molar-refractivity contribution is -0.156. The van der Waals surface area contributed by atoms with Gasteiger partial charge in [0.2, 0.25) is 0 Å². The molecule has 0 saturated carbocycles. The largest absolute Gasteiger partial charge is 0.457 e. The van der Waals surface area contributed by atoms with Crippen LogP contribution in [0.15, 0.2) is 30.9 Å². The number of fused-ring (bicyclic) bond motifs is 2. The van der Waals surface area contributed by atoms with Crippen LogP contribution in [0.25, 0.3) is 10.2 Å². The molecule has 0 unspecified atom stereocenters. The van der Waals surface area contributed by atoms with E-state index in [0.717, 1.165) is 40.1 Å². The lowest BCUT2D eigenvalue weighted by Crippen LogP contribution is -2.46. The molecule has 1 aromatic heterocycles. The first-order chi connectivity index (χ1) is 17.9. The van der Waals surface area contributed by atoms with Gasteiger partial charge in [-0.05, 0) is 56.7 Å². The molecule has 0 bridgehead atoms. The number of carbonyl (C=O) groups excluding carboxylic acids is 2. The number of Topliss-reactive ketones (excluding diaryl/α,β-unsaturated/α-hetero) is 1. The van der Waals surface area contributed by atoms with Crippen LogP contribution in [0.4, 0.5) is 0 Å². The summed E-state index contributed by atoms with van der Waals surface area (Å²) in [6.07, 6.45) is 1.71. The first-order valence-electron chi connectivity index (χ1n) is 13.6. The van der Waals surface area contributed by atoms with Crippen LogP contribution in [0, 0.1) is 24.2 Å². The highest BCUT2D eigenvalue weighted by Crippen LogP contribution is 2.47. The minimum Gasteiger partial charge on any atom is -0.457 e. The van der Waals surface area contributed by atoms with Crippen LogP contribution in [-0.4, -0.2) is 50.9 Å². The van der Waals surface area contributed by atoms with Gasteiger partial charge in [-0.15, -0.1) is 17.9 Å². The third-order valence-electron chi connectivity index (χ3n) is 8.54. The van der Waals surface area contributed by atoms with Crippen LogP contribution in [0.2, 0.25) is 0 Å². The quantitative estimate of drug-likeness (QED) is 0.301. The Hall–Kier alpha value is -2.13. The maximum Gasteiger partial charge on any atom is 0.309 e. The summed E-state index contributed by atoms with van der Waals surface area (Å²) >= 11 is 1.61. The highest BCUT2D eigenvalue weighted by molar-refractivity contribution is 7.18. The van der Waals surface area contributed by atoms with Gasteiger partial charge in [0.25, 0.3) is 0 Å². The Morgan fingerprint density at radius 1 is 1.24 bits per heavy atom. The molecular weight excluding hydrogens is 502 g/mol. The topological polar surface area (TPSA) is 109 Å². The second-order valence-electron chi connectivity index (χ2n) is 11.9. The molecule has 7 atom stereocenters. The van der Waals surface area contributed by atoms with E-state index in [9.17, 15) is 19.8 Å². The van der Waals surface area contributed by atoms with Crippen LogP contribution in [0.3, 0.4) is 0 Å². The Balaban J connectivity index is 1.63. The first kappa shape index (κ1) is 28.9. The summed E-state index contributed by atoms with van der Waals surface area (Å²) in [5, 5.41) is 23.2. The molecule has 38 heavy (non-hydrogen) atoms. The number of nitrogens with zero attached hydrogens (tertiary/aromatic N) is 1. The van der Waals surface area contributed by atoms with Crippen molar-refractivity contribution in [2.75, 3.05) is 0 Å². The minimum atomic E-state index is -1.27. The van der Waals surface area contributed by atoms with Gasteiger partial charge >= 0.3 is 5.97 Å². The maximum atomic E-state index is 13.6. The molecule has 8 heteroatoms. The van der Waals surface area contributed by atoms with Crippen LogP contribution < -0.4 is 0 Å². The molecule has 0 radical (unpaired) electrons. The molecule has 208 valence electrons. The van der Waals surface area contributed by atoms with E-state index in [1.807, 2.05) is 32.0 Å². The van der Waals surface area contributed by atoms with E-state index in [0.29, 0.717) is 12.8 Å². The summed E-state index contributed by atoms with van der Waals surface area (Å²) in [4.78, 5) is 31.3. The fraction of sp³-hybridized carbons (Fsp3) is 0.633. The number of aliphatic hydroxyl groups excluding tert-OH is 2. The van der Waals surface area contributed by atoms with Crippen molar-refractivity contribution in [1.82, 2.24) is 4.98 Å². The van der Waals surface area contributed by atoms with Gasteiger partial charge in [-0.25, -0.2) is 4.98 Å². The van der Waals surface area contributed by atoms with E-state index in [4.69, 9.17) is 9.47 Å². The number of benzene rings is 1. The van der Waals surface area contributed by atoms with Crippen molar-refractivity contribution >= 4 is 33.3 Å². The van der Waals surface area contributed by atoms with Crippen LogP contribution in [-0.2, 0) is 19.1 Å². The second kappa shape index (κ2) is 11.2. The number of hydrogen-bond donors (Lipinski definition) is 2. The number of cyclic esters (lactones) is 1. The zero-order valence-corrected chi connectivity index (χ0v) is 23.9. The number of epoxide rings is 1. The molecule has 1 aromatic carbocycles. The Labute approximate surface area is 229 Å². The smallest absolute Gasteiger partial charge is 0.309 e. The fourth-order valence-electron chi connectivity index (χ4n) is 5.70. The summed E-state index contributed by atoms with van der Waals surface area (Å²) in [6.45, 7) is 13.0. The van der Waals surface area contributed by atoms with E-state index in [1.165, 1.54) is 0 Å². The summed E-state index contributed by atoms with van der Waals surface area (Å²) in [6, 6.07) is 5.92. The number of ketones is 1. The normalized spacial score (nSPS) is 34.9. The summed E-state index contributed by atoms with van der Waals surface area (Å²) < 4.78 is 13.2. The first-order valence-corrected chi connectivity index (χ1v) is 14.4. The number of carbonyl (C=O) groups is 2. The number of ether oxygens (including phenoxy) is 2. The summed E-state index contributed by atoms with van der Waals surface area (Å²) in [5.41, 5.74) is 0.115. The third kappa shape index (κ3) is 6.03. The molecule has 0 spiro atoms. The average molecular weight is 544 g/mol. The molecule has 2 aromatic rings. The number of rotatable bonds is 3. The van der Waals surface area contributed by atoms with E-state index in [1.54, 1.807) is 31.3 Å². The predicted molar refractivity (Wildman–Crippen MR) is 148 cm³/mol. The predicted octanol–water partition coefficient (Wildman–Crippen LogP) is 5.46. The highest BCUT2D eigenvalue weighted by atomic mass is 32.1. The van der Waals surface area contributed by atoms with Gasteiger partial charge in [0.1, 0.15) is 11.9 Å². The van der Waals surface area contributed by atoms with E-state index in [-0.39, 0.29) is 29.8 Å². The van der Waals surface area contributed by atoms with Crippen LogP contribution in [0.1, 0.15) is 82.9 Å². The number of thiazole rings is 1. The number of aliphatic hydroxyl groups is 2.